The maximum absolute atomic E-state index is 12.1. The molecule has 2 aromatic rings. The van der Waals surface area contributed by atoms with Gasteiger partial charge in [0.2, 0.25) is 5.91 Å². The lowest BCUT2D eigenvalue weighted by atomic mass is 10.2. The average Bonchev–Trinajstić information content (AvgIpc) is 2.54. The molecule has 1 heterocycles. The molecule has 0 saturated heterocycles. The van der Waals surface area contributed by atoms with E-state index in [4.69, 9.17) is 5.26 Å². The molecule has 1 aromatic carbocycles. The molecular formula is C15H14N4O4. The Morgan fingerprint density at radius 3 is 2.78 bits per heavy atom. The molecule has 2 rings (SSSR count). The van der Waals surface area contributed by atoms with Gasteiger partial charge in [-0.25, -0.2) is 0 Å². The summed E-state index contributed by atoms with van der Waals surface area (Å²) < 4.78 is 1.27. The fourth-order valence-electron chi connectivity index (χ4n) is 2.17. The van der Waals surface area contributed by atoms with Crippen molar-refractivity contribution in [3.8, 4) is 6.07 Å². The summed E-state index contributed by atoms with van der Waals surface area (Å²) in [6, 6.07) is 8.82. The summed E-state index contributed by atoms with van der Waals surface area (Å²) in [5.41, 5.74) is -0.00122. The molecule has 0 saturated carbocycles. The molecule has 0 aliphatic carbocycles. The van der Waals surface area contributed by atoms with Crippen LogP contribution in [0.3, 0.4) is 0 Å². The van der Waals surface area contributed by atoms with Gasteiger partial charge in [-0.1, -0.05) is 0 Å². The fraction of sp³-hybridized carbons (Fsp3) is 0.267. The molecular weight excluding hydrogens is 300 g/mol. The first-order chi connectivity index (χ1) is 10.9. The number of nitrogens with zero attached hydrogens (tertiary/aromatic N) is 4. The van der Waals surface area contributed by atoms with Crippen molar-refractivity contribution in [2.45, 2.75) is 13.0 Å². The third-order valence-corrected chi connectivity index (χ3v) is 3.46. The molecule has 0 aliphatic heterocycles. The number of nitro benzene ring substituents is 1. The quantitative estimate of drug-likeness (QED) is 0.610. The minimum Gasteiger partial charge on any atom is -0.343 e. The molecule has 0 atom stereocenters. The van der Waals surface area contributed by atoms with E-state index in [0.29, 0.717) is 10.9 Å². The van der Waals surface area contributed by atoms with Gasteiger partial charge >= 0.3 is 0 Å². The number of fused-ring (bicyclic) bond motifs is 1. The van der Waals surface area contributed by atoms with Crippen LogP contribution >= 0.6 is 0 Å². The van der Waals surface area contributed by atoms with E-state index < -0.39 is 4.92 Å². The van der Waals surface area contributed by atoms with Crippen LogP contribution in [0.25, 0.3) is 10.9 Å². The highest BCUT2D eigenvalue weighted by Gasteiger charge is 2.14. The second kappa shape index (κ2) is 6.70. The normalized spacial score (nSPS) is 10.3. The van der Waals surface area contributed by atoms with E-state index in [9.17, 15) is 19.7 Å². The summed E-state index contributed by atoms with van der Waals surface area (Å²) in [6.45, 7) is 0.0935. The van der Waals surface area contributed by atoms with Crippen LogP contribution in [0.2, 0.25) is 0 Å². The largest absolute Gasteiger partial charge is 0.343 e. The molecule has 0 spiro atoms. The number of rotatable bonds is 5. The van der Waals surface area contributed by atoms with Crippen LogP contribution in [-0.4, -0.2) is 33.9 Å². The first-order valence-corrected chi connectivity index (χ1v) is 6.83. The number of likely N-dealkylation sites (N-methyl/N-ethyl adjacent to an activating group) is 1. The Labute approximate surface area is 131 Å². The van der Waals surface area contributed by atoms with Gasteiger partial charge in [0, 0.05) is 37.2 Å². The van der Waals surface area contributed by atoms with E-state index in [1.165, 1.54) is 39.8 Å². The SMILES string of the molecule is CN(CCC#N)C(=O)Cn1c(=O)ccc2cc([N+](=O)[O-])ccc21. The summed E-state index contributed by atoms with van der Waals surface area (Å²) in [5.74, 6) is -0.312. The summed E-state index contributed by atoms with van der Waals surface area (Å²) >= 11 is 0. The Morgan fingerprint density at radius 2 is 2.13 bits per heavy atom. The van der Waals surface area contributed by atoms with E-state index in [2.05, 4.69) is 0 Å². The molecule has 0 fully saturated rings. The van der Waals surface area contributed by atoms with Crippen molar-refractivity contribution < 1.29 is 9.72 Å². The second-order valence-electron chi connectivity index (χ2n) is 4.98. The van der Waals surface area contributed by atoms with Crippen molar-refractivity contribution in [1.82, 2.24) is 9.47 Å². The monoisotopic (exact) mass is 314 g/mol. The minimum absolute atomic E-state index is 0.0832. The standard InChI is InChI=1S/C15H14N4O4/c1-17(8-2-7-16)15(21)10-18-13-5-4-12(19(22)23)9-11(13)3-6-14(18)20/h3-6,9H,2,8,10H2,1H3. The van der Waals surface area contributed by atoms with Gasteiger partial charge in [0.15, 0.2) is 0 Å². The number of aromatic nitrogens is 1. The van der Waals surface area contributed by atoms with Crippen LogP contribution in [0.1, 0.15) is 6.42 Å². The van der Waals surface area contributed by atoms with E-state index in [0.717, 1.165) is 0 Å². The molecule has 1 aromatic heterocycles. The third kappa shape index (κ3) is 3.52. The van der Waals surface area contributed by atoms with Crippen molar-refractivity contribution in [3.63, 3.8) is 0 Å². The van der Waals surface area contributed by atoms with Crippen molar-refractivity contribution in [1.29, 1.82) is 5.26 Å². The summed E-state index contributed by atoms with van der Waals surface area (Å²) in [6.07, 6.45) is 0.207. The zero-order valence-electron chi connectivity index (χ0n) is 12.4. The first kappa shape index (κ1) is 16.2. The van der Waals surface area contributed by atoms with E-state index in [-0.39, 0.29) is 36.7 Å². The van der Waals surface area contributed by atoms with Crippen LogP contribution in [0.5, 0.6) is 0 Å². The number of amides is 1. The number of benzene rings is 1. The van der Waals surface area contributed by atoms with Crippen molar-refractivity contribution in [3.05, 3.63) is 50.8 Å². The molecule has 0 aliphatic rings. The van der Waals surface area contributed by atoms with Crippen LogP contribution in [0.4, 0.5) is 5.69 Å². The Hall–Kier alpha value is -3.21. The predicted molar refractivity (Wildman–Crippen MR) is 82.7 cm³/mol. The number of nitriles is 1. The minimum atomic E-state index is -0.518. The van der Waals surface area contributed by atoms with Gasteiger partial charge in [-0.05, 0) is 12.1 Å². The molecule has 8 heteroatoms. The molecule has 0 N–H and O–H groups in total. The highest BCUT2D eigenvalue weighted by Crippen LogP contribution is 2.19. The van der Waals surface area contributed by atoms with Gasteiger partial charge < -0.3 is 4.90 Å². The third-order valence-electron chi connectivity index (χ3n) is 3.46. The van der Waals surface area contributed by atoms with Crippen molar-refractivity contribution in [2.24, 2.45) is 0 Å². The molecule has 118 valence electrons. The smallest absolute Gasteiger partial charge is 0.270 e. The number of carbonyl (C=O) groups is 1. The maximum Gasteiger partial charge on any atom is 0.270 e. The first-order valence-electron chi connectivity index (χ1n) is 6.83. The Balaban J connectivity index is 2.38. The van der Waals surface area contributed by atoms with E-state index in [1.807, 2.05) is 6.07 Å². The zero-order chi connectivity index (χ0) is 17.0. The number of carbonyl (C=O) groups excluding carboxylic acids is 1. The van der Waals surface area contributed by atoms with Gasteiger partial charge in [-0.15, -0.1) is 0 Å². The summed E-state index contributed by atoms with van der Waals surface area (Å²) in [5, 5.41) is 19.9. The second-order valence-corrected chi connectivity index (χ2v) is 4.98. The number of hydrogen-bond acceptors (Lipinski definition) is 5. The number of pyridine rings is 1. The highest BCUT2D eigenvalue weighted by molar-refractivity contribution is 5.83. The van der Waals surface area contributed by atoms with Gasteiger partial charge in [-0.3, -0.25) is 24.3 Å². The molecule has 8 nitrogen and oxygen atoms in total. The summed E-state index contributed by atoms with van der Waals surface area (Å²) in [7, 11) is 1.56. The molecule has 0 unspecified atom stereocenters. The highest BCUT2D eigenvalue weighted by atomic mass is 16.6. The molecule has 1 amide bonds. The lowest BCUT2D eigenvalue weighted by Gasteiger charge is -2.17. The molecule has 0 radical (unpaired) electrons. The maximum atomic E-state index is 12.1. The number of nitro groups is 1. The Morgan fingerprint density at radius 1 is 1.39 bits per heavy atom. The zero-order valence-corrected chi connectivity index (χ0v) is 12.4. The summed E-state index contributed by atoms with van der Waals surface area (Å²) in [4.78, 5) is 35.8. The number of hydrogen-bond donors (Lipinski definition) is 0. The van der Waals surface area contributed by atoms with E-state index in [1.54, 1.807) is 7.05 Å². The van der Waals surface area contributed by atoms with Crippen LogP contribution < -0.4 is 5.56 Å². The van der Waals surface area contributed by atoms with Crippen LogP contribution in [0, 0.1) is 21.4 Å². The topological polar surface area (TPSA) is 109 Å². The van der Waals surface area contributed by atoms with E-state index >= 15 is 0 Å². The van der Waals surface area contributed by atoms with Crippen molar-refractivity contribution in [2.75, 3.05) is 13.6 Å². The van der Waals surface area contributed by atoms with Gasteiger partial charge in [-0.2, -0.15) is 5.26 Å². The fourth-order valence-corrected chi connectivity index (χ4v) is 2.17. The lowest BCUT2D eigenvalue weighted by Crippen LogP contribution is -2.34. The number of non-ortho nitro benzene ring substituents is 1. The Bertz CT molecular complexity index is 866. The van der Waals surface area contributed by atoms with Crippen molar-refractivity contribution >= 4 is 22.5 Å². The Kier molecular flexibility index (Phi) is 4.71. The van der Waals surface area contributed by atoms with Gasteiger partial charge in [0.05, 0.1) is 22.9 Å². The van der Waals surface area contributed by atoms with Crippen LogP contribution in [-0.2, 0) is 11.3 Å². The predicted octanol–water partition coefficient (Wildman–Crippen LogP) is 1.28. The van der Waals surface area contributed by atoms with Crippen LogP contribution in [0.15, 0.2) is 35.1 Å². The molecule has 23 heavy (non-hydrogen) atoms. The van der Waals surface area contributed by atoms with Gasteiger partial charge in [0.1, 0.15) is 6.54 Å². The average molecular weight is 314 g/mol. The lowest BCUT2D eigenvalue weighted by molar-refractivity contribution is -0.384. The van der Waals surface area contributed by atoms with Gasteiger partial charge in [0.25, 0.3) is 11.2 Å². The molecule has 0 bridgehead atoms.